The van der Waals surface area contributed by atoms with Crippen LogP contribution in [0.3, 0.4) is 0 Å². The van der Waals surface area contributed by atoms with Crippen molar-refractivity contribution in [1.82, 2.24) is 0 Å². The number of hydrogen-bond acceptors (Lipinski definition) is 5. The summed E-state index contributed by atoms with van der Waals surface area (Å²) in [6, 6.07) is 5.47. The van der Waals surface area contributed by atoms with Crippen molar-refractivity contribution in [3.8, 4) is 5.75 Å². The number of hydrogen-bond donors (Lipinski definition) is 3. The Labute approximate surface area is 97.2 Å². The predicted molar refractivity (Wildman–Crippen MR) is 55.9 cm³/mol. The molecular formula is C9H10O7S. The summed E-state index contributed by atoms with van der Waals surface area (Å²) in [6.45, 7) is 0. The van der Waals surface area contributed by atoms with Gasteiger partial charge in [-0.2, -0.15) is 8.42 Å². The molecule has 0 aromatic heterocycles. The summed E-state index contributed by atoms with van der Waals surface area (Å²) in [4.78, 5) is 10.7. The van der Waals surface area contributed by atoms with Crippen LogP contribution < -0.4 is 0 Å². The van der Waals surface area contributed by atoms with Gasteiger partial charge in [0.15, 0.2) is 6.10 Å². The molecule has 0 unspecified atom stereocenters. The summed E-state index contributed by atoms with van der Waals surface area (Å²) in [5, 5.41) is 17.7. The summed E-state index contributed by atoms with van der Waals surface area (Å²) >= 11 is 0. The van der Waals surface area contributed by atoms with Gasteiger partial charge in [0.2, 0.25) is 0 Å². The minimum absolute atomic E-state index is 0.00340. The first-order valence-corrected chi connectivity index (χ1v) is 5.81. The number of carbonyl (C=O) groups is 1. The van der Waals surface area contributed by atoms with E-state index in [0.717, 1.165) is 0 Å². The van der Waals surface area contributed by atoms with E-state index in [2.05, 4.69) is 4.18 Å². The van der Waals surface area contributed by atoms with Crippen LogP contribution in [0.25, 0.3) is 0 Å². The maximum atomic E-state index is 10.7. The van der Waals surface area contributed by atoms with Crippen molar-refractivity contribution in [3.05, 3.63) is 29.8 Å². The average molecular weight is 262 g/mol. The van der Waals surface area contributed by atoms with Gasteiger partial charge in [-0.1, -0.05) is 12.1 Å². The van der Waals surface area contributed by atoms with Crippen LogP contribution in [0.4, 0.5) is 0 Å². The topological polar surface area (TPSA) is 121 Å². The molecule has 0 heterocycles. The molecule has 17 heavy (non-hydrogen) atoms. The lowest BCUT2D eigenvalue weighted by atomic mass is 10.1. The Kier molecular flexibility index (Phi) is 4.05. The highest BCUT2D eigenvalue weighted by Crippen LogP contribution is 2.13. The zero-order valence-corrected chi connectivity index (χ0v) is 9.29. The Balaban J connectivity index is 2.80. The van der Waals surface area contributed by atoms with Gasteiger partial charge in [-0.15, -0.1) is 0 Å². The molecule has 0 saturated heterocycles. The molecule has 8 heteroatoms. The normalized spacial score (nSPS) is 13.2. The Bertz CT molecular complexity index is 491. The molecular weight excluding hydrogens is 252 g/mol. The molecule has 3 N–H and O–H groups in total. The monoisotopic (exact) mass is 262 g/mol. The number of carboxylic acid groups (broad SMARTS) is 1. The maximum Gasteiger partial charge on any atom is 0.398 e. The van der Waals surface area contributed by atoms with Crippen LogP contribution in [0, 0.1) is 0 Å². The number of aromatic hydroxyl groups is 1. The second kappa shape index (κ2) is 5.13. The number of rotatable bonds is 5. The maximum absolute atomic E-state index is 10.7. The minimum Gasteiger partial charge on any atom is -0.508 e. The van der Waals surface area contributed by atoms with Gasteiger partial charge in [-0.25, -0.2) is 8.98 Å². The summed E-state index contributed by atoms with van der Waals surface area (Å²) < 4.78 is 33.2. The van der Waals surface area contributed by atoms with Crippen LogP contribution in [0.15, 0.2) is 24.3 Å². The van der Waals surface area contributed by atoms with Gasteiger partial charge >= 0.3 is 16.4 Å². The molecule has 0 aliphatic rings. The van der Waals surface area contributed by atoms with Gasteiger partial charge in [0, 0.05) is 6.42 Å². The molecule has 0 aliphatic heterocycles. The standard InChI is InChI=1S/C9H10O7S/c10-7-3-1-6(2-4-7)5-8(9(11)12)16-17(13,14)15/h1-4,8,10H,5H2,(H,11,12)(H,13,14,15)/t8-/m1/s1. The number of carboxylic acids is 1. The lowest BCUT2D eigenvalue weighted by Gasteiger charge is -2.10. The molecule has 0 amide bonds. The fourth-order valence-electron chi connectivity index (χ4n) is 1.16. The molecule has 0 aliphatic carbocycles. The Morgan fingerprint density at radius 2 is 1.82 bits per heavy atom. The zero-order valence-electron chi connectivity index (χ0n) is 8.48. The van der Waals surface area contributed by atoms with Crippen molar-refractivity contribution in [2.45, 2.75) is 12.5 Å². The predicted octanol–water partition coefficient (Wildman–Crippen LogP) is 0.207. The molecule has 0 fully saturated rings. The molecule has 0 radical (unpaired) electrons. The second-order valence-electron chi connectivity index (χ2n) is 3.22. The van der Waals surface area contributed by atoms with Crippen LogP contribution in [0.1, 0.15) is 5.56 Å². The summed E-state index contributed by atoms with van der Waals surface area (Å²) in [6.07, 6.45) is -1.97. The molecule has 0 spiro atoms. The van der Waals surface area contributed by atoms with E-state index in [1.165, 1.54) is 24.3 Å². The molecule has 0 saturated carbocycles. The highest BCUT2D eigenvalue weighted by molar-refractivity contribution is 7.80. The van der Waals surface area contributed by atoms with Crippen LogP contribution in [0.5, 0.6) is 5.75 Å². The van der Waals surface area contributed by atoms with Crippen molar-refractivity contribution in [1.29, 1.82) is 0 Å². The molecule has 7 nitrogen and oxygen atoms in total. The number of phenolic OH excluding ortho intramolecular Hbond substituents is 1. The van der Waals surface area contributed by atoms with Gasteiger partial charge in [0.05, 0.1) is 0 Å². The first-order chi connectivity index (χ1) is 7.78. The minimum atomic E-state index is -4.83. The van der Waals surface area contributed by atoms with Gasteiger partial charge in [0.25, 0.3) is 0 Å². The quantitative estimate of drug-likeness (QED) is 0.648. The van der Waals surface area contributed by atoms with Gasteiger partial charge in [-0.3, -0.25) is 4.55 Å². The lowest BCUT2D eigenvalue weighted by Crippen LogP contribution is -2.29. The smallest absolute Gasteiger partial charge is 0.398 e. The number of benzene rings is 1. The van der Waals surface area contributed by atoms with Crippen molar-refractivity contribution in [2.24, 2.45) is 0 Å². The SMILES string of the molecule is O=C(O)[C@@H](Cc1ccc(O)cc1)OS(=O)(=O)O. The molecule has 1 aromatic carbocycles. The molecule has 0 bridgehead atoms. The molecule has 1 aromatic rings. The van der Waals surface area contributed by atoms with Crippen LogP contribution in [-0.2, 0) is 25.8 Å². The van der Waals surface area contributed by atoms with Gasteiger partial charge in [0.1, 0.15) is 5.75 Å². The van der Waals surface area contributed by atoms with E-state index in [-0.39, 0.29) is 12.2 Å². The van der Waals surface area contributed by atoms with E-state index >= 15 is 0 Å². The first kappa shape index (κ1) is 13.4. The van der Waals surface area contributed by atoms with E-state index < -0.39 is 22.5 Å². The van der Waals surface area contributed by atoms with E-state index in [1.54, 1.807) is 0 Å². The van der Waals surface area contributed by atoms with E-state index in [9.17, 15) is 13.2 Å². The number of phenols is 1. The second-order valence-corrected chi connectivity index (χ2v) is 4.27. The van der Waals surface area contributed by atoms with E-state index in [4.69, 9.17) is 14.8 Å². The van der Waals surface area contributed by atoms with Crippen molar-refractivity contribution < 1.29 is 32.2 Å². The fraction of sp³-hybridized carbons (Fsp3) is 0.222. The van der Waals surface area contributed by atoms with Crippen LogP contribution >= 0.6 is 0 Å². The van der Waals surface area contributed by atoms with Crippen LogP contribution in [0.2, 0.25) is 0 Å². The summed E-state index contributed by atoms with van der Waals surface area (Å²) in [7, 11) is -4.83. The van der Waals surface area contributed by atoms with Gasteiger partial charge < -0.3 is 10.2 Å². The highest BCUT2D eigenvalue weighted by Gasteiger charge is 2.24. The number of aliphatic carboxylic acids is 1. The highest BCUT2D eigenvalue weighted by atomic mass is 32.3. The van der Waals surface area contributed by atoms with Gasteiger partial charge in [-0.05, 0) is 17.7 Å². The Hall–Kier alpha value is -1.64. The lowest BCUT2D eigenvalue weighted by molar-refractivity contribution is -0.145. The molecule has 94 valence electrons. The third kappa shape index (κ3) is 4.81. The van der Waals surface area contributed by atoms with E-state index in [1.807, 2.05) is 0 Å². The first-order valence-electron chi connectivity index (χ1n) is 4.44. The zero-order chi connectivity index (χ0) is 13.1. The van der Waals surface area contributed by atoms with Crippen molar-refractivity contribution in [2.75, 3.05) is 0 Å². The van der Waals surface area contributed by atoms with Crippen LogP contribution in [-0.4, -0.2) is 35.3 Å². The molecule has 1 atom stereocenters. The largest absolute Gasteiger partial charge is 0.508 e. The summed E-state index contributed by atoms with van der Waals surface area (Å²) in [5.41, 5.74) is 0.443. The fourth-order valence-corrected chi connectivity index (χ4v) is 1.60. The third-order valence-electron chi connectivity index (χ3n) is 1.87. The third-order valence-corrected chi connectivity index (χ3v) is 2.35. The average Bonchev–Trinajstić information content (AvgIpc) is 2.18. The molecule has 1 rings (SSSR count). The Morgan fingerprint density at radius 1 is 1.29 bits per heavy atom. The van der Waals surface area contributed by atoms with Crippen molar-refractivity contribution in [3.63, 3.8) is 0 Å². The van der Waals surface area contributed by atoms with Crippen molar-refractivity contribution >= 4 is 16.4 Å². The van der Waals surface area contributed by atoms with E-state index in [0.29, 0.717) is 5.56 Å². The Morgan fingerprint density at radius 3 is 2.24 bits per heavy atom. The summed E-state index contributed by atoms with van der Waals surface area (Å²) in [5.74, 6) is -1.52.